The maximum atomic E-state index is 12.6. The molecule has 26 heavy (non-hydrogen) atoms. The molecule has 10 heteroatoms. The molecule has 9 nitrogen and oxygen atoms in total. The molecule has 2 aliphatic rings. The molecule has 0 aromatic heterocycles. The fraction of sp³-hybridized carbons (Fsp3) is 0.375. The molecule has 0 spiro atoms. The van der Waals surface area contributed by atoms with E-state index in [-0.39, 0.29) is 5.56 Å². The Hall–Kier alpha value is -2.01. The molecule has 1 saturated heterocycles. The van der Waals surface area contributed by atoms with Crippen LogP contribution in [-0.4, -0.2) is 68.8 Å². The average Bonchev–Trinajstić information content (AvgIpc) is 2.90. The number of halogens is 1. The number of urea groups is 1. The second kappa shape index (κ2) is 6.95. The van der Waals surface area contributed by atoms with Gasteiger partial charge < -0.3 is 25.4 Å². The molecule has 0 radical (unpaired) electrons. The number of hydrogen-bond acceptors (Lipinski definition) is 7. The Balaban J connectivity index is 1.81. The maximum Gasteiger partial charge on any atom is 0.325 e. The molecule has 2 amide bonds. The highest BCUT2D eigenvalue weighted by Crippen LogP contribution is 2.27. The van der Waals surface area contributed by atoms with Crippen LogP contribution in [0.5, 0.6) is 0 Å². The minimum Gasteiger partial charge on any atom is -0.394 e. The molecule has 3 rings (SSSR count). The second-order valence-electron chi connectivity index (χ2n) is 6.09. The van der Waals surface area contributed by atoms with Crippen molar-refractivity contribution in [2.75, 3.05) is 6.61 Å². The number of benzene rings is 1. The van der Waals surface area contributed by atoms with Crippen molar-refractivity contribution >= 4 is 23.4 Å². The van der Waals surface area contributed by atoms with E-state index in [2.05, 4.69) is 5.32 Å². The fourth-order valence-electron chi connectivity index (χ4n) is 2.83. The molecular weight excluding hydrogens is 366 g/mol. The van der Waals surface area contributed by atoms with Crippen LogP contribution in [0, 0.1) is 0 Å². The van der Waals surface area contributed by atoms with E-state index >= 15 is 0 Å². The van der Waals surface area contributed by atoms with Crippen LogP contribution in [-0.2, 0) is 4.74 Å². The summed E-state index contributed by atoms with van der Waals surface area (Å²) in [4.78, 5) is 26.0. The number of amides is 2. The highest BCUT2D eigenvalue weighted by Gasteiger charge is 2.48. The van der Waals surface area contributed by atoms with Crippen molar-refractivity contribution in [2.45, 2.75) is 30.2 Å². The fourth-order valence-corrected chi connectivity index (χ4v) is 2.96. The Morgan fingerprint density at radius 1 is 1.31 bits per heavy atom. The topological polar surface area (TPSA) is 145 Å². The van der Waals surface area contributed by atoms with Crippen molar-refractivity contribution in [2.24, 2.45) is 5.73 Å². The third-order valence-corrected chi connectivity index (χ3v) is 4.57. The summed E-state index contributed by atoms with van der Waals surface area (Å²) < 4.78 is 5.29. The minimum atomic E-state index is -1.79. The molecule has 140 valence electrons. The molecule has 1 fully saturated rings. The zero-order valence-electron chi connectivity index (χ0n) is 13.4. The summed E-state index contributed by atoms with van der Waals surface area (Å²) in [5.41, 5.74) is 4.48. The SMILES string of the molecule is NC1(C(=O)c2ccc(Cl)cc2)C=CN([C@@H]2O[C@H](CO)[C@@H](O)[C@H]2O)C(=O)N1. The van der Waals surface area contributed by atoms with Crippen molar-refractivity contribution < 1.29 is 29.6 Å². The number of ketones is 1. The average molecular weight is 384 g/mol. The zero-order chi connectivity index (χ0) is 19.1. The zero-order valence-corrected chi connectivity index (χ0v) is 14.2. The largest absolute Gasteiger partial charge is 0.394 e. The third kappa shape index (κ3) is 3.20. The van der Waals surface area contributed by atoms with E-state index < -0.39 is 48.6 Å². The predicted molar refractivity (Wildman–Crippen MR) is 90.0 cm³/mol. The van der Waals surface area contributed by atoms with E-state index in [9.17, 15) is 19.8 Å². The van der Waals surface area contributed by atoms with Gasteiger partial charge in [-0.1, -0.05) is 11.6 Å². The van der Waals surface area contributed by atoms with Gasteiger partial charge in [0.15, 0.2) is 11.9 Å². The van der Waals surface area contributed by atoms with Crippen LogP contribution < -0.4 is 11.1 Å². The van der Waals surface area contributed by atoms with Gasteiger partial charge in [-0.15, -0.1) is 0 Å². The van der Waals surface area contributed by atoms with Crippen molar-refractivity contribution in [3.8, 4) is 0 Å². The van der Waals surface area contributed by atoms with Gasteiger partial charge >= 0.3 is 6.03 Å². The van der Waals surface area contributed by atoms with Gasteiger partial charge in [-0.2, -0.15) is 0 Å². The number of aliphatic hydroxyl groups is 3. The van der Waals surface area contributed by atoms with E-state index in [1.807, 2.05) is 0 Å². The molecule has 2 aliphatic heterocycles. The summed E-state index contributed by atoms with van der Waals surface area (Å²) in [5, 5.41) is 31.8. The molecule has 0 aliphatic carbocycles. The smallest absolute Gasteiger partial charge is 0.325 e. The van der Waals surface area contributed by atoms with Gasteiger partial charge in [0.2, 0.25) is 5.78 Å². The number of nitrogens with zero attached hydrogens (tertiary/aromatic N) is 1. The number of hydrogen-bond donors (Lipinski definition) is 5. The number of rotatable bonds is 4. The molecule has 1 unspecified atom stereocenters. The van der Waals surface area contributed by atoms with Crippen molar-refractivity contribution in [3.05, 3.63) is 47.1 Å². The number of aliphatic hydroxyl groups excluding tert-OH is 3. The van der Waals surface area contributed by atoms with Crippen LogP contribution >= 0.6 is 11.6 Å². The summed E-state index contributed by atoms with van der Waals surface area (Å²) in [6, 6.07) is 5.22. The molecule has 0 bridgehead atoms. The van der Waals surface area contributed by atoms with Gasteiger partial charge in [0.05, 0.1) is 6.61 Å². The standard InChI is InChI=1S/C16H18ClN3O6/c17-9-3-1-8(2-4-9)13(24)16(18)5-6-20(15(25)19-16)14-12(23)11(22)10(7-21)26-14/h1-6,10-12,14,21-23H,7,18H2,(H,19,25)/t10-,11-,12-,14-,16?/m1/s1. The second-order valence-corrected chi connectivity index (χ2v) is 6.52. The van der Waals surface area contributed by atoms with Crippen LogP contribution in [0.3, 0.4) is 0 Å². The number of carbonyl (C=O) groups excluding carboxylic acids is 2. The van der Waals surface area contributed by atoms with Gasteiger partial charge in [-0.05, 0) is 30.3 Å². The lowest BCUT2D eigenvalue weighted by Gasteiger charge is -2.36. The highest BCUT2D eigenvalue weighted by molar-refractivity contribution is 6.30. The molecule has 1 aromatic carbocycles. The number of nitrogens with two attached hydrogens (primary N) is 1. The van der Waals surface area contributed by atoms with Crippen LogP contribution in [0.2, 0.25) is 5.02 Å². The third-order valence-electron chi connectivity index (χ3n) is 4.32. The number of Topliss-reactive ketones (excluding diaryl/α,β-unsaturated/α-hetero) is 1. The van der Waals surface area contributed by atoms with Gasteiger partial charge in [0, 0.05) is 16.8 Å². The van der Waals surface area contributed by atoms with Crippen LogP contribution in [0.1, 0.15) is 10.4 Å². The maximum absolute atomic E-state index is 12.6. The molecular formula is C16H18ClN3O6. The quantitative estimate of drug-likeness (QED) is 0.426. The lowest BCUT2D eigenvalue weighted by molar-refractivity contribution is -0.0666. The van der Waals surface area contributed by atoms with E-state index in [1.165, 1.54) is 36.5 Å². The van der Waals surface area contributed by atoms with Gasteiger partial charge in [-0.25, -0.2) is 4.79 Å². The summed E-state index contributed by atoms with van der Waals surface area (Å²) in [6.45, 7) is -0.524. The number of ether oxygens (including phenoxy) is 1. The first-order chi connectivity index (χ1) is 12.3. The van der Waals surface area contributed by atoms with E-state index in [1.54, 1.807) is 0 Å². The monoisotopic (exact) mass is 383 g/mol. The van der Waals surface area contributed by atoms with Gasteiger partial charge in [0.1, 0.15) is 18.3 Å². The Morgan fingerprint density at radius 3 is 2.50 bits per heavy atom. The minimum absolute atomic E-state index is 0.253. The van der Waals surface area contributed by atoms with Crippen molar-refractivity contribution in [3.63, 3.8) is 0 Å². The number of carbonyl (C=O) groups is 2. The summed E-state index contributed by atoms with van der Waals surface area (Å²) >= 11 is 5.79. The first-order valence-corrected chi connectivity index (χ1v) is 8.16. The van der Waals surface area contributed by atoms with Crippen LogP contribution in [0.15, 0.2) is 36.5 Å². The number of nitrogens with one attached hydrogen (secondary N) is 1. The lowest BCUT2D eigenvalue weighted by atomic mass is 9.97. The summed E-state index contributed by atoms with van der Waals surface area (Å²) in [7, 11) is 0. The molecule has 1 aromatic rings. The van der Waals surface area contributed by atoms with Crippen molar-refractivity contribution in [1.29, 1.82) is 0 Å². The van der Waals surface area contributed by atoms with E-state index in [0.717, 1.165) is 4.90 Å². The lowest BCUT2D eigenvalue weighted by Crippen LogP contribution is -2.66. The van der Waals surface area contributed by atoms with Gasteiger partial charge in [0.25, 0.3) is 0 Å². The molecule has 6 N–H and O–H groups in total. The Kier molecular flexibility index (Phi) is 5.02. The normalized spacial score (nSPS) is 34.0. The Bertz CT molecular complexity index is 742. The molecule has 2 heterocycles. The summed E-state index contributed by atoms with van der Waals surface area (Å²) in [6.07, 6.45) is -2.59. The molecule has 0 saturated carbocycles. The van der Waals surface area contributed by atoms with E-state index in [0.29, 0.717) is 5.02 Å². The first-order valence-electron chi connectivity index (χ1n) is 7.78. The van der Waals surface area contributed by atoms with Crippen LogP contribution in [0.4, 0.5) is 4.79 Å². The van der Waals surface area contributed by atoms with Gasteiger partial charge in [-0.3, -0.25) is 15.4 Å². The van der Waals surface area contributed by atoms with Crippen molar-refractivity contribution in [1.82, 2.24) is 10.2 Å². The Morgan fingerprint density at radius 2 is 1.96 bits per heavy atom. The van der Waals surface area contributed by atoms with Crippen LogP contribution in [0.25, 0.3) is 0 Å². The first kappa shape index (κ1) is 18.8. The Labute approximate surface area is 153 Å². The predicted octanol–water partition coefficient (Wildman–Crippen LogP) is -0.844. The molecule has 5 atom stereocenters. The van der Waals surface area contributed by atoms with E-state index in [4.69, 9.17) is 27.2 Å². The highest BCUT2D eigenvalue weighted by atomic mass is 35.5. The summed E-state index contributed by atoms with van der Waals surface area (Å²) in [5.74, 6) is -0.556.